The highest BCUT2D eigenvalue weighted by atomic mass is 16.2. The van der Waals surface area contributed by atoms with E-state index in [1.807, 2.05) is 25.2 Å². The fourth-order valence-electron chi connectivity index (χ4n) is 4.30. The molecule has 3 N–H and O–H groups in total. The zero-order chi connectivity index (χ0) is 29.7. The van der Waals surface area contributed by atoms with Gasteiger partial charge >= 0.3 is 0 Å². The number of para-hydroxylation sites is 1. The van der Waals surface area contributed by atoms with Crippen LogP contribution < -0.4 is 16.6 Å². The Kier molecular flexibility index (Phi) is 8.39. The second-order valence-corrected chi connectivity index (χ2v) is 9.24. The molecule has 2 heterocycles. The summed E-state index contributed by atoms with van der Waals surface area (Å²) < 4.78 is 3.13. The van der Waals surface area contributed by atoms with Crippen molar-refractivity contribution in [1.29, 1.82) is 0 Å². The highest BCUT2D eigenvalue weighted by molar-refractivity contribution is 6.21. The molecule has 0 fully saturated rings. The first-order valence-electron chi connectivity index (χ1n) is 12.7. The fourth-order valence-corrected chi connectivity index (χ4v) is 4.30. The van der Waals surface area contributed by atoms with E-state index in [1.165, 1.54) is 11.6 Å². The smallest absolute Gasteiger partial charge is 0.267 e. The number of amidine groups is 1. The average Bonchev–Trinajstić information content (AvgIpc) is 3.38. The molecule has 1 atom stereocenters. The minimum atomic E-state index is -0.737. The van der Waals surface area contributed by atoms with Gasteiger partial charge in [-0.1, -0.05) is 36.8 Å². The molecule has 0 radical (unpaired) electrons. The van der Waals surface area contributed by atoms with Crippen molar-refractivity contribution in [3.05, 3.63) is 112 Å². The average molecular weight is 547 g/mol. The molecule has 4 aromatic rings. The van der Waals surface area contributed by atoms with Crippen LogP contribution in [-0.2, 0) is 11.8 Å². The van der Waals surface area contributed by atoms with Crippen molar-refractivity contribution in [2.75, 3.05) is 7.05 Å². The summed E-state index contributed by atoms with van der Waals surface area (Å²) in [5.41, 5.74) is 8.60. The third-order valence-electron chi connectivity index (χ3n) is 6.23. The number of amides is 1. The van der Waals surface area contributed by atoms with Crippen LogP contribution in [0.5, 0.6) is 0 Å². The molecular weight excluding hydrogens is 516 g/mol. The summed E-state index contributed by atoms with van der Waals surface area (Å²) in [6.07, 6.45) is 1.80. The number of aryl methyl sites for hydroxylation is 1. The molecular formula is C31H30N8O2. The van der Waals surface area contributed by atoms with Crippen LogP contribution in [0.3, 0.4) is 0 Å². The van der Waals surface area contributed by atoms with Crippen LogP contribution in [0.2, 0.25) is 0 Å². The van der Waals surface area contributed by atoms with Crippen molar-refractivity contribution in [3.63, 3.8) is 0 Å². The molecule has 0 aliphatic heterocycles. The van der Waals surface area contributed by atoms with E-state index in [-0.39, 0.29) is 22.7 Å². The van der Waals surface area contributed by atoms with Gasteiger partial charge in [0, 0.05) is 25.9 Å². The SMILES string of the molecule is C=N/C(C(=C)C)=C(\C(=O)NC(C)c1nc2cccc(C#Cc3ccn(C)n3)c2c(=O)n1-c1ccccc1)C(N)=NC. The molecule has 41 heavy (non-hydrogen) atoms. The Bertz CT molecular complexity index is 1850. The highest BCUT2D eigenvalue weighted by Crippen LogP contribution is 2.22. The van der Waals surface area contributed by atoms with Crippen LogP contribution in [0.1, 0.15) is 37.0 Å². The van der Waals surface area contributed by atoms with Gasteiger partial charge in [0.05, 0.1) is 28.3 Å². The van der Waals surface area contributed by atoms with Gasteiger partial charge in [-0.25, -0.2) is 4.98 Å². The van der Waals surface area contributed by atoms with E-state index in [4.69, 9.17) is 10.7 Å². The quantitative estimate of drug-likeness (QED) is 0.121. The van der Waals surface area contributed by atoms with Gasteiger partial charge in [0.1, 0.15) is 22.9 Å². The van der Waals surface area contributed by atoms with Gasteiger partial charge in [-0.05, 0) is 62.4 Å². The van der Waals surface area contributed by atoms with Gasteiger partial charge in [0.2, 0.25) is 0 Å². The minimum Gasteiger partial charge on any atom is -0.383 e. The number of hydrogen-bond donors (Lipinski definition) is 2. The van der Waals surface area contributed by atoms with Crippen molar-refractivity contribution in [2.24, 2.45) is 22.8 Å². The van der Waals surface area contributed by atoms with Crippen molar-refractivity contribution < 1.29 is 4.79 Å². The number of nitrogens with two attached hydrogens (primary N) is 1. The van der Waals surface area contributed by atoms with Crippen LogP contribution in [-0.4, -0.2) is 44.8 Å². The lowest BCUT2D eigenvalue weighted by Crippen LogP contribution is -2.37. The van der Waals surface area contributed by atoms with E-state index in [0.717, 1.165) is 0 Å². The molecule has 0 aliphatic carbocycles. The Hall–Kier alpha value is -5.56. The third kappa shape index (κ3) is 5.89. The molecule has 0 bridgehead atoms. The normalized spacial score (nSPS) is 12.6. The van der Waals surface area contributed by atoms with Gasteiger partial charge in [-0.2, -0.15) is 5.10 Å². The Balaban J connectivity index is 1.90. The number of aliphatic imine (C=N–C) groups is 2. The molecule has 0 saturated heterocycles. The van der Waals surface area contributed by atoms with Crippen molar-refractivity contribution >= 4 is 29.4 Å². The first kappa shape index (κ1) is 28.4. The number of hydrogen-bond acceptors (Lipinski definition) is 6. The monoisotopic (exact) mass is 546 g/mol. The van der Waals surface area contributed by atoms with Crippen molar-refractivity contribution in [3.8, 4) is 17.5 Å². The summed E-state index contributed by atoms with van der Waals surface area (Å²) in [5, 5.41) is 7.54. The molecule has 206 valence electrons. The van der Waals surface area contributed by atoms with Crippen molar-refractivity contribution in [1.82, 2.24) is 24.6 Å². The van der Waals surface area contributed by atoms with Gasteiger partial charge in [0.15, 0.2) is 0 Å². The van der Waals surface area contributed by atoms with Gasteiger partial charge in [0.25, 0.3) is 11.5 Å². The molecule has 0 spiro atoms. The van der Waals surface area contributed by atoms with E-state index in [1.54, 1.807) is 61.1 Å². The van der Waals surface area contributed by atoms with Gasteiger partial charge in [-0.3, -0.25) is 28.8 Å². The summed E-state index contributed by atoms with van der Waals surface area (Å²) >= 11 is 0. The van der Waals surface area contributed by atoms with Crippen LogP contribution in [0.15, 0.2) is 99.0 Å². The molecule has 2 aromatic carbocycles. The van der Waals surface area contributed by atoms with Gasteiger partial charge < -0.3 is 11.1 Å². The molecule has 0 saturated carbocycles. The number of carbonyl (C=O) groups is 1. The summed E-state index contributed by atoms with van der Waals surface area (Å²) in [6.45, 7) is 10.8. The van der Waals surface area contributed by atoms with E-state index < -0.39 is 11.9 Å². The largest absolute Gasteiger partial charge is 0.383 e. The zero-order valence-corrected chi connectivity index (χ0v) is 23.3. The number of nitrogens with zero attached hydrogens (tertiary/aromatic N) is 6. The van der Waals surface area contributed by atoms with Crippen LogP contribution in [0, 0.1) is 11.8 Å². The topological polar surface area (TPSA) is 133 Å². The molecule has 4 rings (SSSR count). The second-order valence-electron chi connectivity index (χ2n) is 9.24. The molecule has 10 nitrogen and oxygen atoms in total. The number of rotatable bonds is 7. The molecule has 1 unspecified atom stereocenters. The first-order valence-corrected chi connectivity index (χ1v) is 12.7. The predicted octanol–water partition coefficient (Wildman–Crippen LogP) is 3.21. The van der Waals surface area contributed by atoms with Crippen LogP contribution >= 0.6 is 0 Å². The first-order chi connectivity index (χ1) is 19.7. The third-order valence-corrected chi connectivity index (χ3v) is 6.23. The lowest BCUT2D eigenvalue weighted by molar-refractivity contribution is -0.117. The molecule has 0 aliphatic rings. The number of nitrogens with one attached hydrogen (secondary N) is 1. The highest BCUT2D eigenvalue weighted by Gasteiger charge is 2.25. The maximum Gasteiger partial charge on any atom is 0.267 e. The lowest BCUT2D eigenvalue weighted by atomic mass is 10.1. The van der Waals surface area contributed by atoms with E-state index in [0.29, 0.717) is 39.2 Å². The molecule has 2 aromatic heterocycles. The number of fused-ring (bicyclic) bond motifs is 1. The number of allylic oxidation sites excluding steroid dienone is 1. The summed E-state index contributed by atoms with van der Waals surface area (Å²) in [7, 11) is 3.28. The fraction of sp³-hybridized carbons (Fsp3) is 0.161. The molecule has 10 heteroatoms. The Morgan fingerprint density at radius 2 is 1.85 bits per heavy atom. The zero-order valence-electron chi connectivity index (χ0n) is 23.3. The summed E-state index contributed by atoms with van der Waals surface area (Å²) in [6, 6.07) is 15.4. The lowest BCUT2D eigenvalue weighted by Gasteiger charge is -2.21. The minimum absolute atomic E-state index is 0.0249. The second kappa shape index (κ2) is 12.1. The van der Waals surface area contributed by atoms with Gasteiger partial charge in [-0.15, -0.1) is 0 Å². The number of carbonyl (C=O) groups excluding carboxylic acids is 1. The Labute approximate surface area is 237 Å². The van der Waals surface area contributed by atoms with Crippen LogP contribution in [0.25, 0.3) is 16.6 Å². The van der Waals surface area contributed by atoms with E-state index in [2.05, 4.69) is 45.5 Å². The summed E-state index contributed by atoms with van der Waals surface area (Å²) in [4.78, 5) is 40.4. The Morgan fingerprint density at radius 1 is 1.12 bits per heavy atom. The maximum atomic E-state index is 14.1. The van der Waals surface area contributed by atoms with Crippen LogP contribution in [0.4, 0.5) is 0 Å². The standard InChI is InChI=1S/C31H30N8O2/c1-19(2)27(33-4)26(28(32)34-5)30(40)35-20(3)29-36-24-14-10-11-21(15-16-22-17-18-38(6)37-22)25(24)31(41)39(29)23-12-8-7-9-13-23/h7-14,17-18,20H,1,4H2,2-3,5-6H3,(H2,32,34)(H,35,40)/b27-26-. The number of benzene rings is 2. The van der Waals surface area contributed by atoms with E-state index in [9.17, 15) is 9.59 Å². The Morgan fingerprint density at radius 3 is 2.46 bits per heavy atom. The van der Waals surface area contributed by atoms with E-state index >= 15 is 0 Å². The predicted molar refractivity (Wildman–Crippen MR) is 162 cm³/mol. The summed E-state index contributed by atoms with van der Waals surface area (Å²) in [5.74, 6) is 5.81. The molecule has 1 amide bonds. The number of aromatic nitrogens is 4. The maximum absolute atomic E-state index is 14.1. The van der Waals surface area contributed by atoms with Crippen molar-refractivity contribution in [2.45, 2.75) is 19.9 Å².